The van der Waals surface area contributed by atoms with Crippen molar-refractivity contribution in [2.45, 2.75) is 6.42 Å². The Morgan fingerprint density at radius 3 is 2.85 bits per heavy atom. The fraction of sp³-hybridized carbons (Fsp3) is 0.0714. The summed E-state index contributed by atoms with van der Waals surface area (Å²) in [5.74, 6) is -0.547. The largest absolute Gasteiger partial charge is 0.481 e. The summed E-state index contributed by atoms with van der Waals surface area (Å²) >= 11 is 5.99. The molecular weight excluding hydrogens is 280 g/mol. The van der Waals surface area contributed by atoms with Crippen molar-refractivity contribution >= 4 is 17.6 Å². The van der Waals surface area contributed by atoms with Gasteiger partial charge in [-0.15, -0.1) is 0 Å². The number of hydrogen-bond donors (Lipinski definition) is 1. The van der Waals surface area contributed by atoms with E-state index in [0.29, 0.717) is 11.3 Å². The molecule has 0 aliphatic heterocycles. The predicted molar refractivity (Wildman–Crippen MR) is 71.8 cm³/mol. The number of aliphatic carboxylic acids is 1. The molecular formula is C14H9ClN2O3. The number of aromatic nitrogens is 1. The lowest BCUT2D eigenvalue weighted by Crippen LogP contribution is -2.02. The van der Waals surface area contributed by atoms with E-state index in [1.807, 2.05) is 6.07 Å². The number of nitriles is 1. The third kappa shape index (κ3) is 3.05. The molecule has 1 aromatic carbocycles. The van der Waals surface area contributed by atoms with E-state index in [4.69, 9.17) is 26.7 Å². The number of rotatable bonds is 4. The summed E-state index contributed by atoms with van der Waals surface area (Å²) in [5, 5.41) is 17.8. The van der Waals surface area contributed by atoms with E-state index < -0.39 is 5.97 Å². The minimum atomic E-state index is -0.967. The van der Waals surface area contributed by atoms with E-state index >= 15 is 0 Å². The zero-order valence-electron chi connectivity index (χ0n) is 10.2. The van der Waals surface area contributed by atoms with Crippen LogP contribution in [0.4, 0.5) is 0 Å². The van der Waals surface area contributed by atoms with Crippen molar-refractivity contribution in [3.05, 3.63) is 52.7 Å². The van der Waals surface area contributed by atoms with Gasteiger partial charge in [-0.3, -0.25) is 4.79 Å². The molecule has 0 saturated carbocycles. The first-order valence-corrected chi connectivity index (χ1v) is 6.01. The van der Waals surface area contributed by atoms with Crippen molar-refractivity contribution in [2.24, 2.45) is 0 Å². The Morgan fingerprint density at radius 1 is 1.40 bits per heavy atom. The molecule has 5 nitrogen and oxygen atoms in total. The second-order valence-electron chi connectivity index (χ2n) is 3.87. The number of benzene rings is 1. The van der Waals surface area contributed by atoms with Crippen LogP contribution in [0.25, 0.3) is 0 Å². The molecule has 0 aliphatic rings. The fourth-order valence-corrected chi connectivity index (χ4v) is 1.79. The predicted octanol–water partition coefficient (Wildman–Crippen LogP) is 3.03. The zero-order valence-corrected chi connectivity index (χ0v) is 11.0. The van der Waals surface area contributed by atoms with Crippen LogP contribution in [-0.4, -0.2) is 16.1 Å². The van der Waals surface area contributed by atoms with Crippen LogP contribution in [0.3, 0.4) is 0 Å². The lowest BCUT2D eigenvalue weighted by molar-refractivity contribution is -0.136. The highest BCUT2D eigenvalue weighted by Gasteiger charge is 2.13. The van der Waals surface area contributed by atoms with Crippen LogP contribution in [0.1, 0.15) is 11.1 Å². The molecule has 1 N–H and O–H groups in total. The van der Waals surface area contributed by atoms with E-state index in [2.05, 4.69) is 4.98 Å². The third-order valence-electron chi connectivity index (χ3n) is 2.50. The maximum Gasteiger partial charge on any atom is 0.307 e. The van der Waals surface area contributed by atoms with Crippen molar-refractivity contribution in [3.8, 4) is 17.7 Å². The molecule has 100 valence electrons. The van der Waals surface area contributed by atoms with Gasteiger partial charge in [0.15, 0.2) is 0 Å². The molecule has 0 bridgehead atoms. The average molecular weight is 289 g/mol. The highest BCUT2D eigenvalue weighted by Crippen LogP contribution is 2.31. The summed E-state index contributed by atoms with van der Waals surface area (Å²) in [6.45, 7) is 0. The maximum atomic E-state index is 10.8. The fourth-order valence-electron chi connectivity index (χ4n) is 1.60. The molecule has 2 aromatic rings. The smallest absolute Gasteiger partial charge is 0.307 e. The lowest BCUT2D eigenvalue weighted by atomic mass is 10.1. The molecule has 0 spiro atoms. The topological polar surface area (TPSA) is 83.2 Å². The van der Waals surface area contributed by atoms with Crippen LogP contribution in [0.2, 0.25) is 5.02 Å². The number of halogens is 1. The standard InChI is InChI=1S/C14H9ClN2O3/c15-13-10(8-16)5-6-17-14(13)20-11-4-2-1-3-9(11)7-12(18)19/h1-6H,7H2,(H,18,19). The van der Waals surface area contributed by atoms with Crippen molar-refractivity contribution in [3.63, 3.8) is 0 Å². The minimum Gasteiger partial charge on any atom is -0.481 e. The van der Waals surface area contributed by atoms with Gasteiger partial charge in [0.2, 0.25) is 5.88 Å². The molecule has 0 amide bonds. The van der Waals surface area contributed by atoms with Gasteiger partial charge < -0.3 is 9.84 Å². The summed E-state index contributed by atoms with van der Waals surface area (Å²) in [5.41, 5.74) is 0.743. The first kappa shape index (κ1) is 13.8. The Hall–Kier alpha value is -2.58. The number of carboxylic acids is 1. The molecule has 0 saturated heterocycles. The number of para-hydroxylation sites is 1. The third-order valence-corrected chi connectivity index (χ3v) is 2.86. The second kappa shape index (κ2) is 6.04. The molecule has 0 aliphatic carbocycles. The van der Waals surface area contributed by atoms with Gasteiger partial charge in [0.25, 0.3) is 0 Å². The van der Waals surface area contributed by atoms with Crippen LogP contribution in [0.15, 0.2) is 36.5 Å². The van der Waals surface area contributed by atoms with E-state index in [9.17, 15) is 4.79 Å². The SMILES string of the molecule is N#Cc1ccnc(Oc2ccccc2CC(=O)O)c1Cl. The summed E-state index contributed by atoms with van der Waals surface area (Å²) in [6, 6.07) is 10.1. The highest BCUT2D eigenvalue weighted by molar-refractivity contribution is 6.33. The highest BCUT2D eigenvalue weighted by atomic mass is 35.5. The number of hydrogen-bond acceptors (Lipinski definition) is 4. The molecule has 1 heterocycles. The van der Waals surface area contributed by atoms with Crippen LogP contribution in [0, 0.1) is 11.3 Å². The number of carbonyl (C=O) groups is 1. The van der Waals surface area contributed by atoms with E-state index in [0.717, 1.165) is 0 Å². The quantitative estimate of drug-likeness (QED) is 0.935. The molecule has 0 atom stereocenters. The normalized spacial score (nSPS) is 9.80. The zero-order chi connectivity index (χ0) is 14.5. The molecule has 0 radical (unpaired) electrons. The van der Waals surface area contributed by atoms with Crippen LogP contribution in [0.5, 0.6) is 11.6 Å². The molecule has 0 unspecified atom stereocenters. The Kier molecular flexibility index (Phi) is 4.18. The Bertz CT molecular complexity index is 695. The second-order valence-corrected chi connectivity index (χ2v) is 4.25. The first-order chi connectivity index (χ1) is 9.61. The van der Waals surface area contributed by atoms with E-state index in [1.54, 1.807) is 24.3 Å². The summed E-state index contributed by atoms with van der Waals surface area (Å²) < 4.78 is 5.53. The summed E-state index contributed by atoms with van der Waals surface area (Å²) in [4.78, 5) is 14.8. The summed E-state index contributed by atoms with van der Waals surface area (Å²) in [7, 11) is 0. The molecule has 0 fully saturated rings. The van der Waals surface area contributed by atoms with E-state index in [-0.39, 0.29) is 22.9 Å². The van der Waals surface area contributed by atoms with Crippen molar-refractivity contribution in [1.29, 1.82) is 5.26 Å². The van der Waals surface area contributed by atoms with E-state index in [1.165, 1.54) is 12.3 Å². The van der Waals surface area contributed by atoms with Crippen molar-refractivity contribution < 1.29 is 14.6 Å². The van der Waals surface area contributed by atoms with Gasteiger partial charge in [-0.1, -0.05) is 29.8 Å². The van der Waals surface area contributed by atoms with Gasteiger partial charge in [0.05, 0.1) is 12.0 Å². The van der Waals surface area contributed by atoms with Gasteiger partial charge >= 0.3 is 5.97 Å². The number of carboxylic acid groups (broad SMARTS) is 1. The van der Waals surface area contributed by atoms with Gasteiger partial charge in [-0.25, -0.2) is 4.98 Å². The molecule has 20 heavy (non-hydrogen) atoms. The first-order valence-electron chi connectivity index (χ1n) is 5.64. The molecule has 6 heteroatoms. The van der Waals surface area contributed by atoms with Crippen molar-refractivity contribution in [1.82, 2.24) is 4.98 Å². The Balaban J connectivity index is 2.36. The van der Waals surface area contributed by atoms with Crippen LogP contribution >= 0.6 is 11.6 Å². The monoisotopic (exact) mass is 288 g/mol. The van der Waals surface area contributed by atoms with Crippen LogP contribution in [-0.2, 0) is 11.2 Å². The van der Waals surface area contributed by atoms with Crippen molar-refractivity contribution in [2.75, 3.05) is 0 Å². The van der Waals surface area contributed by atoms with Gasteiger partial charge in [0.1, 0.15) is 16.8 Å². The number of ether oxygens (including phenoxy) is 1. The molecule has 1 aromatic heterocycles. The average Bonchev–Trinajstić information content (AvgIpc) is 2.42. The lowest BCUT2D eigenvalue weighted by Gasteiger charge is -2.10. The maximum absolute atomic E-state index is 10.8. The number of pyridine rings is 1. The number of nitrogens with zero attached hydrogens (tertiary/aromatic N) is 2. The minimum absolute atomic E-state index is 0.0727. The van der Waals surface area contributed by atoms with Gasteiger partial charge in [-0.05, 0) is 12.1 Å². The van der Waals surface area contributed by atoms with Crippen LogP contribution < -0.4 is 4.74 Å². The van der Waals surface area contributed by atoms with Gasteiger partial charge in [0, 0.05) is 11.8 Å². The van der Waals surface area contributed by atoms with Gasteiger partial charge in [-0.2, -0.15) is 5.26 Å². The summed E-state index contributed by atoms with van der Waals surface area (Å²) in [6.07, 6.45) is 1.23. The molecule has 2 rings (SSSR count). The Labute approximate surface area is 120 Å². The Morgan fingerprint density at radius 2 is 2.15 bits per heavy atom.